The second-order valence-corrected chi connectivity index (χ2v) is 4.02. The molecule has 0 radical (unpaired) electrons. The molecule has 23 heavy (non-hydrogen) atoms. The van der Waals surface area contributed by atoms with Crippen molar-refractivity contribution in [3.05, 3.63) is 49.6 Å². The number of hydrogen-bond acceptors (Lipinski definition) is 4. The molecule has 0 aliphatic heterocycles. The third-order valence-corrected chi connectivity index (χ3v) is 0.994. The van der Waals surface area contributed by atoms with E-state index in [1.54, 1.807) is 12.2 Å². The highest BCUT2D eigenvalue weighted by Crippen LogP contribution is 1.81. The molecule has 0 heterocycles. The fraction of sp³-hybridized carbons (Fsp3) is 0.412. The molecule has 1 atom stereocenters. The van der Waals surface area contributed by atoms with E-state index in [1.165, 1.54) is 20.8 Å². The van der Waals surface area contributed by atoms with E-state index in [0.717, 1.165) is 0 Å². The van der Waals surface area contributed by atoms with E-state index in [-0.39, 0.29) is 17.8 Å². The van der Waals surface area contributed by atoms with Gasteiger partial charge in [0.1, 0.15) is 0 Å². The number of carboxylic acid groups (broad SMARTS) is 2. The Hall–Kier alpha value is -2.18. The largest absolute Gasteiger partial charge is 0.478 e. The summed E-state index contributed by atoms with van der Waals surface area (Å²) in [5.74, 6) is -1.87. The van der Waals surface area contributed by atoms with Gasteiger partial charge >= 0.3 is 11.9 Å². The van der Waals surface area contributed by atoms with Crippen LogP contribution in [0.25, 0.3) is 0 Å². The van der Waals surface area contributed by atoms with E-state index in [4.69, 9.17) is 20.4 Å². The second-order valence-electron chi connectivity index (χ2n) is 4.02. The molecule has 0 saturated heterocycles. The molecule has 0 aromatic heterocycles. The molecule has 6 nitrogen and oxygen atoms in total. The SMILES string of the molecule is C=C(C)C(=O)O.C=C(C)C(=O)O.C=CC.C=CC.CC(O)CO. The van der Waals surface area contributed by atoms with Crippen molar-refractivity contribution >= 4 is 11.9 Å². The fourth-order valence-corrected chi connectivity index (χ4v) is 0. The highest BCUT2D eigenvalue weighted by molar-refractivity contribution is 5.85. The van der Waals surface area contributed by atoms with Crippen LogP contribution in [0.4, 0.5) is 0 Å². The number of aliphatic hydroxyl groups is 2. The van der Waals surface area contributed by atoms with Crippen LogP contribution < -0.4 is 0 Å². The average Bonchev–Trinajstić information content (AvgIpc) is 2.41. The van der Waals surface area contributed by atoms with Gasteiger partial charge in [0.25, 0.3) is 0 Å². The molecule has 0 bridgehead atoms. The van der Waals surface area contributed by atoms with Gasteiger partial charge in [-0.1, -0.05) is 25.3 Å². The molecule has 0 aromatic rings. The average molecular weight is 332 g/mol. The summed E-state index contributed by atoms with van der Waals surface area (Å²) in [5, 5.41) is 31.8. The van der Waals surface area contributed by atoms with Crippen LogP contribution in [-0.4, -0.2) is 45.1 Å². The molecule has 0 aliphatic carbocycles. The summed E-state index contributed by atoms with van der Waals surface area (Å²) in [6, 6.07) is 0. The smallest absolute Gasteiger partial charge is 0.330 e. The Labute approximate surface area is 139 Å². The quantitative estimate of drug-likeness (QED) is 0.466. The summed E-state index contributed by atoms with van der Waals surface area (Å²) in [5.41, 5.74) is 0.352. The van der Waals surface area contributed by atoms with Gasteiger partial charge in [0.05, 0.1) is 12.7 Å². The van der Waals surface area contributed by atoms with Gasteiger partial charge in [-0.2, -0.15) is 0 Å². The van der Waals surface area contributed by atoms with Gasteiger partial charge in [0.2, 0.25) is 0 Å². The first-order valence-corrected chi connectivity index (χ1v) is 6.59. The molecule has 0 fully saturated rings. The van der Waals surface area contributed by atoms with Crippen LogP contribution in [0.1, 0.15) is 34.6 Å². The lowest BCUT2D eigenvalue weighted by atomic mass is 10.4. The summed E-state index contributed by atoms with van der Waals surface area (Å²) in [7, 11) is 0. The number of allylic oxidation sites excluding steroid dienone is 2. The van der Waals surface area contributed by atoms with Crippen molar-refractivity contribution < 1.29 is 30.0 Å². The van der Waals surface area contributed by atoms with Gasteiger partial charge in [0, 0.05) is 11.1 Å². The molecule has 0 aromatic carbocycles. The lowest BCUT2D eigenvalue weighted by molar-refractivity contribution is -0.133. The lowest BCUT2D eigenvalue weighted by Crippen LogP contribution is -2.03. The summed E-state index contributed by atoms with van der Waals surface area (Å²) in [6.07, 6.45) is 2.94. The van der Waals surface area contributed by atoms with Crippen molar-refractivity contribution in [1.82, 2.24) is 0 Å². The van der Waals surface area contributed by atoms with Crippen LogP contribution in [0.2, 0.25) is 0 Å². The minimum atomic E-state index is -0.935. The molecule has 0 saturated carbocycles. The van der Waals surface area contributed by atoms with Crippen LogP contribution in [0.3, 0.4) is 0 Å². The van der Waals surface area contributed by atoms with Gasteiger partial charge < -0.3 is 20.4 Å². The van der Waals surface area contributed by atoms with E-state index < -0.39 is 18.0 Å². The van der Waals surface area contributed by atoms with Crippen LogP contribution in [0, 0.1) is 0 Å². The maximum Gasteiger partial charge on any atom is 0.330 e. The topological polar surface area (TPSA) is 115 Å². The molecule has 0 spiro atoms. The molecule has 0 rings (SSSR count). The first-order chi connectivity index (χ1) is 10.4. The highest BCUT2D eigenvalue weighted by atomic mass is 16.4. The van der Waals surface area contributed by atoms with Gasteiger partial charge in [-0.15, -0.1) is 13.2 Å². The van der Waals surface area contributed by atoms with Gasteiger partial charge in [-0.3, -0.25) is 0 Å². The summed E-state index contributed by atoms with van der Waals surface area (Å²) in [4.78, 5) is 19.2. The molecular formula is C17H32O6. The summed E-state index contributed by atoms with van der Waals surface area (Å²) in [6.45, 7) is 21.1. The Morgan fingerprint density at radius 3 is 1.04 bits per heavy atom. The maximum atomic E-state index is 9.60. The van der Waals surface area contributed by atoms with E-state index in [1.807, 2.05) is 13.8 Å². The molecule has 4 N–H and O–H groups in total. The first-order valence-electron chi connectivity index (χ1n) is 6.59. The predicted octanol–water partition coefficient (Wildman–Crippen LogP) is 3.04. The third-order valence-electron chi connectivity index (χ3n) is 0.994. The normalized spacial score (nSPS) is 8.30. The zero-order valence-corrected chi connectivity index (χ0v) is 14.9. The monoisotopic (exact) mass is 332 g/mol. The Kier molecular flexibility index (Phi) is 39.9. The van der Waals surface area contributed by atoms with Crippen LogP contribution >= 0.6 is 0 Å². The summed E-state index contributed by atoms with van der Waals surface area (Å²) < 4.78 is 0. The van der Waals surface area contributed by atoms with Gasteiger partial charge in [0.15, 0.2) is 0 Å². The number of carboxylic acids is 2. The van der Waals surface area contributed by atoms with Crippen molar-refractivity contribution in [2.24, 2.45) is 0 Å². The highest BCUT2D eigenvalue weighted by Gasteiger charge is 1.90. The molecule has 0 aliphatic rings. The molecule has 136 valence electrons. The van der Waals surface area contributed by atoms with Crippen molar-refractivity contribution in [3.63, 3.8) is 0 Å². The maximum absolute atomic E-state index is 9.60. The van der Waals surface area contributed by atoms with E-state index in [0.29, 0.717) is 0 Å². The Balaban J connectivity index is -0.0000000606. The van der Waals surface area contributed by atoms with Crippen molar-refractivity contribution in [2.75, 3.05) is 6.61 Å². The first kappa shape index (κ1) is 32.7. The third kappa shape index (κ3) is 103. The minimum Gasteiger partial charge on any atom is -0.478 e. The zero-order valence-electron chi connectivity index (χ0n) is 14.9. The van der Waals surface area contributed by atoms with E-state index in [9.17, 15) is 9.59 Å². The van der Waals surface area contributed by atoms with Crippen molar-refractivity contribution in [2.45, 2.75) is 40.7 Å². The number of aliphatic hydroxyl groups excluding tert-OH is 2. The van der Waals surface area contributed by atoms with Gasteiger partial charge in [-0.05, 0) is 34.6 Å². The van der Waals surface area contributed by atoms with Crippen molar-refractivity contribution in [3.8, 4) is 0 Å². The van der Waals surface area contributed by atoms with Crippen molar-refractivity contribution in [1.29, 1.82) is 0 Å². The molecule has 6 heteroatoms. The Bertz CT molecular complexity index is 289. The van der Waals surface area contributed by atoms with E-state index in [2.05, 4.69) is 26.3 Å². The molecule has 1 unspecified atom stereocenters. The van der Waals surface area contributed by atoms with Crippen LogP contribution in [-0.2, 0) is 9.59 Å². The number of aliphatic carboxylic acids is 2. The van der Waals surface area contributed by atoms with Gasteiger partial charge in [-0.25, -0.2) is 9.59 Å². The minimum absolute atomic E-state index is 0.139. The number of carbonyl (C=O) groups is 2. The standard InChI is InChI=1S/2C4H6O2.C3H8O2.2C3H6/c2*1-3(2)4(5)6;1-3(5)2-4;2*1-3-2/h2*1H2,2H3,(H,5,6);3-5H,2H2,1H3;2*3H,1H2,2H3. The van der Waals surface area contributed by atoms with Crippen LogP contribution in [0.15, 0.2) is 49.6 Å². The second kappa shape index (κ2) is 28.0. The number of rotatable bonds is 3. The lowest BCUT2D eigenvalue weighted by Gasteiger charge is -1.90. The fourth-order valence-electron chi connectivity index (χ4n) is 0. The Morgan fingerprint density at radius 2 is 1.04 bits per heavy atom. The van der Waals surface area contributed by atoms with E-state index >= 15 is 0 Å². The summed E-state index contributed by atoms with van der Waals surface area (Å²) >= 11 is 0. The Morgan fingerprint density at radius 1 is 0.957 bits per heavy atom. The number of hydrogen-bond donors (Lipinski definition) is 4. The van der Waals surface area contributed by atoms with Crippen LogP contribution in [0.5, 0.6) is 0 Å². The molecule has 0 amide bonds. The molecular weight excluding hydrogens is 300 g/mol. The zero-order chi connectivity index (χ0) is 20.0. The predicted molar refractivity (Wildman–Crippen MR) is 95.4 cm³/mol.